The summed E-state index contributed by atoms with van der Waals surface area (Å²) in [5.74, 6) is 0. The van der Waals surface area contributed by atoms with Crippen LogP contribution in [0.3, 0.4) is 0 Å². The smallest absolute Gasteiger partial charge is 0.0366 e. The van der Waals surface area contributed by atoms with Gasteiger partial charge >= 0.3 is 0 Å². The molecular weight excluding hydrogens is 220 g/mol. The summed E-state index contributed by atoms with van der Waals surface area (Å²) in [6.45, 7) is 7.54. The van der Waals surface area contributed by atoms with Gasteiger partial charge < -0.3 is 10.2 Å². The van der Waals surface area contributed by atoms with Gasteiger partial charge in [0.15, 0.2) is 0 Å². The number of anilines is 1. The summed E-state index contributed by atoms with van der Waals surface area (Å²) < 4.78 is 0. The predicted octanol–water partition coefficient (Wildman–Crippen LogP) is 3.56. The number of nitrogens with zero attached hydrogens (tertiary/aromatic N) is 1. The van der Waals surface area contributed by atoms with Crippen molar-refractivity contribution in [3.8, 4) is 0 Å². The average molecular weight is 246 g/mol. The Balaban J connectivity index is 1.92. The first-order valence-corrected chi connectivity index (χ1v) is 7.02. The molecule has 2 nitrogen and oxygen atoms in total. The van der Waals surface area contributed by atoms with Crippen molar-refractivity contribution in [2.75, 3.05) is 11.9 Å². The second-order valence-corrected chi connectivity index (χ2v) is 6.47. The maximum atomic E-state index is 3.52. The van der Waals surface area contributed by atoms with Crippen LogP contribution in [0.2, 0.25) is 0 Å². The molecule has 1 aliphatic carbocycles. The van der Waals surface area contributed by atoms with Crippen LogP contribution in [0.25, 0.3) is 0 Å². The molecule has 2 rings (SSSR count). The molecule has 100 valence electrons. The highest BCUT2D eigenvalue weighted by atomic mass is 15.1. The number of nitrogens with one attached hydrogen (secondary N) is 1. The second-order valence-electron chi connectivity index (χ2n) is 6.47. The first-order chi connectivity index (χ1) is 8.46. The van der Waals surface area contributed by atoms with Crippen molar-refractivity contribution < 1.29 is 0 Å². The number of hydrogen-bond donors (Lipinski definition) is 1. The Morgan fingerprint density at radius 3 is 2.22 bits per heavy atom. The highest BCUT2D eigenvalue weighted by Gasteiger charge is 2.22. The van der Waals surface area contributed by atoms with E-state index in [1.807, 2.05) is 0 Å². The van der Waals surface area contributed by atoms with E-state index in [1.54, 1.807) is 0 Å². The topological polar surface area (TPSA) is 15.3 Å². The van der Waals surface area contributed by atoms with Crippen LogP contribution in [0.1, 0.15) is 45.6 Å². The Bertz CT molecular complexity index is 371. The van der Waals surface area contributed by atoms with Crippen LogP contribution < -0.4 is 10.2 Å². The molecule has 0 heterocycles. The molecular formula is C16H26N2. The molecule has 1 aromatic carbocycles. The number of hydrogen-bond acceptors (Lipinski definition) is 2. The monoisotopic (exact) mass is 246 g/mol. The molecule has 0 aromatic heterocycles. The van der Waals surface area contributed by atoms with Crippen molar-refractivity contribution in [3.63, 3.8) is 0 Å². The third-order valence-electron chi connectivity index (χ3n) is 3.79. The summed E-state index contributed by atoms with van der Waals surface area (Å²) in [4.78, 5) is 2.42. The van der Waals surface area contributed by atoms with Crippen LogP contribution in [0.5, 0.6) is 0 Å². The fourth-order valence-corrected chi connectivity index (χ4v) is 2.20. The Kier molecular flexibility index (Phi) is 3.96. The van der Waals surface area contributed by atoms with Crippen LogP contribution in [-0.2, 0) is 6.54 Å². The van der Waals surface area contributed by atoms with Crippen LogP contribution in [-0.4, -0.2) is 18.6 Å². The van der Waals surface area contributed by atoms with Crippen molar-refractivity contribution >= 4 is 5.69 Å². The Morgan fingerprint density at radius 2 is 1.78 bits per heavy atom. The summed E-state index contributed by atoms with van der Waals surface area (Å²) in [6.07, 6.45) is 4.09. The van der Waals surface area contributed by atoms with Gasteiger partial charge in [-0.15, -0.1) is 0 Å². The van der Waals surface area contributed by atoms with Crippen LogP contribution in [0.4, 0.5) is 5.69 Å². The van der Waals surface area contributed by atoms with Gasteiger partial charge in [0, 0.05) is 30.9 Å². The van der Waals surface area contributed by atoms with Gasteiger partial charge in [-0.2, -0.15) is 0 Å². The lowest BCUT2D eigenvalue weighted by molar-refractivity contribution is 0.401. The van der Waals surface area contributed by atoms with Gasteiger partial charge in [-0.1, -0.05) is 12.1 Å². The highest BCUT2D eigenvalue weighted by molar-refractivity contribution is 5.48. The lowest BCUT2D eigenvalue weighted by Gasteiger charge is -2.36. The number of rotatable bonds is 4. The van der Waals surface area contributed by atoms with Crippen LogP contribution in [0.15, 0.2) is 24.3 Å². The Hall–Kier alpha value is -1.02. The fraction of sp³-hybridized carbons (Fsp3) is 0.625. The van der Waals surface area contributed by atoms with E-state index in [0.29, 0.717) is 0 Å². The molecule has 0 radical (unpaired) electrons. The van der Waals surface area contributed by atoms with Crippen molar-refractivity contribution in [3.05, 3.63) is 29.8 Å². The SMILES string of the molecule is CN(c1ccc(CNC(C)(C)C)cc1)C1CCC1. The minimum Gasteiger partial charge on any atom is -0.372 e. The minimum atomic E-state index is 0.182. The Morgan fingerprint density at radius 1 is 1.17 bits per heavy atom. The van der Waals surface area contributed by atoms with E-state index in [4.69, 9.17) is 0 Å². The van der Waals surface area contributed by atoms with Crippen molar-refractivity contribution in [1.29, 1.82) is 0 Å². The van der Waals surface area contributed by atoms with E-state index in [0.717, 1.165) is 12.6 Å². The maximum Gasteiger partial charge on any atom is 0.0366 e. The zero-order valence-corrected chi connectivity index (χ0v) is 12.2. The van der Waals surface area contributed by atoms with Gasteiger partial charge in [0.05, 0.1) is 0 Å². The van der Waals surface area contributed by atoms with E-state index in [2.05, 4.69) is 62.3 Å². The van der Waals surface area contributed by atoms with Gasteiger partial charge in [0.1, 0.15) is 0 Å². The van der Waals surface area contributed by atoms with E-state index >= 15 is 0 Å². The molecule has 0 unspecified atom stereocenters. The molecule has 0 amide bonds. The lowest BCUT2D eigenvalue weighted by Crippen LogP contribution is -2.37. The van der Waals surface area contributed by atoms with Crippen molar-refractivity contribution in [2.24, 2.45) is 0 Å². The first-order valence-electron chi connectivity index (χ1n) is 7.02. The summed E-state index contributed by atoms with van der Waals surface area (Å²) in [5.41, 5.74) is 2.89. The fourth-order valence-electron chi connectivity index (χ4n) is 2.20. The maximum absolute atomic E-state index is 3.52. The zero-order chi connectivity index (χ0) is 13.2. The lowest BCUT2D eigenvalue weighted by atomic mass is 9.91. The molecule has 0 saturated heterocycles. The molecule has 1 fully saturated rings. The molecule has 0 aliphatic heterocycles. The molecule has 1 aromatic rings. The summed E-state index contributed by atoms with van der Waals surface area (Å²) in [6, 6.07) is 9.74. The summed E-state index contributed by atoms with van der Waals surface area (Å²) in [7, 11) is 2.21. The third kappa shape index (κ3) is 3.49. The van der Waals surface area contributed by atoms with Gasteiger partial charge in [-0.25, -0.2) is 0 Å². The van der Waals surface area contributed by atoms with E-state index < -0.39 is 0 Å². The second kappa shape index (κ2) is 5.31. The van der Waals surface area contributed by atoms with Crippen LogP contribution >= 0.6 is 0 Å². The molecule has 1 aliphatic rings. The zero-order valence-electron chi connectivity index (χ0n) is 12.2. The highest BCUT2D eigenvalue weighted by Crippen LogP contribution is 2.28. The van der Waals surface area contributed by atoms with Gasteiger partial charge in [-0.05, 0) is 57.7 Å². The van der Waals surface area contributed by atoms with Crippen molar-refractivity contribution in [1.82, 2.24) is 5.32 Å². The van der Waals surface area contributed by atoms with Crippen molar-refractivity contribution in [2.45, 2.75) is 58.2 Å². The molecule has 0 spiro atoms. The van der Waals surface area contributed by atoms with E-state index in [9.17, 15) is 0 Å². The largest absolute Gasteiger partial charge is 0.372 e. The van der Waals surface area contributed by atoms with Gasteiger partial charge in [0.2, 0.25) is 0 Å². The normalized spacial score (nSPS) is 16.4. The minimum absolute atomic E-state index is 0.182. The molecule has 1 saturated carbocycles. The molecule has 0 bridgehead atoms. The van der Waals surface area contributed by atoms with Gasteiger partial charge in [-0.3, -0.25) is 0 Å². The first kappa shape index (κ1) is 13.4. The summed E-state index contributed by atoms with van der Waals surface area (Å²) >= 11 is 0. The molecule has 18 heavy (non-hydrogen) atoms. The summed E-state index contributed by atoms with van der Waals surface area (Å²) in [5, 5.41) is 3.52. The third-order valence-corrected chi connectivity index (χ3v) is 3.79. The van der Waals surface area contributed by atoms with Gasteiger partial charge in [0.25, 0.3) is 0 Å². The predicted molar refractivity (Wildman–Crippen MR) is 79.1 cm³/mol. The van der Waals surface area contributed by atoms with E-state index in [-0.39, 0.29) is 5.54 Å². The van der Waals surface area contributed by atoms with Crippen LogP contribution in [0, 0.1) is 0 Å². The molecule has 0 atom stereocenters. The molecule has 2 heteroatoms. The number of benzene rings is 1. The molecule has 1 N–H and O–H groups in total. The standard InChI is InChI=1S/C16H26N2/c1-16(2,3)17-12-13-8-10-15(11-9-13)18(4)14-6-5-7-14/h8-11,14,17H,5-7,12H2,1-4H3. The Labute approximate surface area is 111 Å². The van der Waals surface area contributed by atoms with E-state index in [1.165, 1.54) is 30.5 Å². The quantitative estimate of drug-likeness (QED) is 0.874. The average Bonchev–Trinajstić information content (AvgIpc) is 2.23.